The van der Waals surface area contributed by atoms with E-state index in [1.54, 1.807) is 12.1 Å². The first-order valence-electron chi connectivity index (χ1n) is 10.1. The Morgan fingerprint density at radius 1 is 1.09 bits per heavy atom. The summed E-state index contributed by atoms with van der Waals surface area (Å²) in [6, 6.07) is 8.92. The number of esters is 1. The summed E-state index contributed by atoms with van der Waals surface area (Å²) in [5.74, 6) is -2.52. The van der Waals surface area contributed by atoms with Gasteiger partial charge in [-0.2, -0.15) is 0 Å². The number of hydrogen-bond donors (Lipinski definition) is 0. The van der Waals surface area contributed by atoms with Crippen LogP contribution in [0, 0.1) is 0 Å². The second kappa shape index (κ2) is 8.60. The van der Waals surface area contributed by atoms with Crippen LogP contribution in [0.1, 0.15) is 30.1 Å². The summed E-state index contributed by atoms with van der Waals surface area (Å²) in [5.41, 5.74) is 0.301. The Bertz CT molecular complexity index is 1620. The molecule has 2 amide bonds. The molecule has 176 valence electrons. The monoisotopic (exact) mass is 512 g/mol. The molecule has 0 bridgehead atoms. The van der Waals surface area contributed by atoms with E-state index in [-0.39, 0.29) is 40.3 Å². The molecule has 2 aromatic heterocycles. The van der Waals surface area contributed by atoms with E-state index in [1.807, 2.05) is 0 Å². The summed E-state index contributed by atoms with van der Waals surface area (Å²) >= 11 is 7.31. The van der Waals surface area contributed by atoms with Crippen LogP contribution in [0.2, 0.25) is 5.02 Å². The third-order valence-corrected chi connectivity index (χ3v) is 6.42. The van der Waals surface area contributed by atoms with Gasteiger partial charge in [-0.05, 0) is 30.3 Å². The van der Waals surface area contributed by atoms with Crippen LogP contribution in [0.3, 0.4) is 0 Å². The lowest BCUT2D eigenvalue weighted by Crippen LogP contribution is -2.32. The molecular formula is C23H13ClN2O8S. The minimum atomic E-state index is -0.867. The maximum Gasteiger partial charge on any atom is 0.363 e. The summed E-state index contributed by atoms with van der Waals surface area (Å²) in [6.45, 7) is 1.23. The predicted molar refractivity (Wildman–Crippen MR) is 124 cm³/mol. The van der Waals surface area contributed by atoms with E-state index in [4.69, 9.17) is 25.6 Å². The van der Waals surface area contributed by atoms with Gasteiger partial charge in [0.1, 0.15) is 10.6 Å². The fourth-order valence-corrected chi connectivity index (χ4v) is 4.68. The molecule has 0 spiro atoms. The van der Waals surface area contributed by atoms with E-state index in [2.05, 4.69) is 4.98 Å². The highest BCUT2D eigenvalue weighted by Crippen LogP contribution is 2.34. The van der Waals surface area contributed by atoms with Crippen LogP contribution >= 0.6 is 22.9 Å². The van der Waals surface area contributed by atoms with Crippen molar-refractivity contribution in [3.8, 4) is 16.3 Å². The van der Waals surface area contributed by atoms with Gasteiger partial charge in [0.05, 0.1) is 26.4 Å². The van der Waals surface area contributed by atoms with Gasteiger partial charge >= 0.3 is 17.6 Å². The largest absolute Gasteiger partial charge is 0.425 e. The number of carbonyl (C=O) groups is 4. The molecular weight excluding hydrogens is 500 g/mol. The zero-order valence-corrected chi connectivity index (χ0v) is 19.4. The third kappa shape index (κ3) is 4.27. The van der Waals surface area contributed by atoms with E-state index >= 15 is 0 Å². The van der Waals surface area contributed by atoms with Gasteiger partial charge in [0.25, 0.3) is 11.8 Å². The SMILES string of the molecule is CC(=O)Oc1cc2oc(=O)c(-c3nc4ccc(C(=O)ON5C(=O)CCC5=O)cc4s3)cc2cc1Cl. The molecule has 1 aliphatic heterocycles. The molecule has 1 fully saturated rings. The molecule has 10 nitrogen and oxygen atoms in total. The van der Waals surface area contributed by atoms with Gasteiger partial charge in [0, 0.05) is 31.2 Å². The van der Waals surface area contributed by atoms with Crippen molar-refractivity contribution in [1.82, 2.24) is 10.0 Å². The molecule has 5 rings (SSSR count). The zero-order valence-electron chi connectivity index (χ0n) is 17.8. The minimum absolute atomic E-state index is 0.00598. The number of aromatic nitrogens is 1. The fourth-order valence-electron chi connectivity index (χ4n) is 3.46. The van der Waals surface area contributed by atoms with Gasteiger partial charge in [0.2, 0.25) is 0 Å². The lowest BCUT2D eigenvalue weighted by molar-refractivity contribution is -0.172. The number of rotatable bonds is 4. The maximum absolute atomic E-state index is 12.7. The van der Waals surface area contributed by atoms with Gasteiger partial charge in [0.15, 0.2) is 5.75 Å². The standard InChI is InChI=1S/C23H13ClN2O8S/c1-10(27)32-17-9-16-12(7-14(17)24)6-13(23(31)33-16)21-25-15-3-2-11(8-18(15)35-21)22(30)34-26-19(28)4-5-20(26)29/h2-3,6-9H,4-5H2,1H3. The molecule has 1 aliphatic rings. The van der Waals surface area contributed by atoms with Crippen molar-refractivity contribution < 1.29 is 33.2 Å². The Kier molecular flexibility index (Phi) is 5.58. The molecule has 0 radical (unpaired) electrons. The first kappa shape index (κ1) is 22.7. The number of carbonyl (C=O) groups excluding carboxylic acids is 4. The molecule has 0 N–H and O–H groups in total. The highest BCUT2D eigenvalue weighted by molar-refractivity contribution is 7.21. The highest BCUT2D eigenvalue weighted by Gasteiger charge is 2.33. The van der Waals surface area contributed by atoms with Crippen molar-refractivity contribution in [2.45, 2.75) is 19.8 Å². The molecule has 2 aromatic carbocycles. The Labute approximate surface area is 204 Å². The van der Waals surface area contributed by atoms with E-state index < -0.39 is 29.4 Å². The molecule has 0 atom stereocenters. The molecule has 0 aliphatic carbocycles. The second-order valence-electron chi connectivity index (χ2n) is 7.52. The topological polar surface area (TPSA) is 133 Å². The number of ether oxygens (including phenoxy) is 1. The van der Waals surface area contributed by atoms with Crippen LogP contribution in [-0.2, 0) is 19.2 Å². The fraction of sp³-hybridized carbons (Fsp3) is 0.130. The van der Waals surface area contributed by atoms with Crippen molar-refractivity contribution >= 4 is 67.9 Å². The molecule has 3 heterocycles. The lowest BCUT2D eigenvalue weighted by atomic mass is 10.2. The van der Waals surface area contributed by atoms with Gasteiger partial charge in [-0.25, -0.2) is 14.6 Å². The molecule has 4 aromatic rings. The predicted octanol–water partition coefficient (Wildman–Crippen LogP) is 3.87. The van der Waals surface area contributed by atoms with Crippen molar-refractivity contribution in [2.24, 2.45) is 0 Å². The van der Waals surface area contributed by atoms with Crippen LogP contribution in [0.5, 0.6) is 5.75 Å². The van der Waals surface area contributed by atoms with Crippen molar-refractivity contribution in [1.29, 1.82) is 0 Å². The van der Waals surface area contributed by atoms with Gasteiger partial charge in [-0.3, -0.25) is 14.4 Å². The Morgan fingerprint density at radius 2 is 1.83 bits per heavy atom. The summed E-state index contributed by atoms with van der Waals surface area (Å²) < 4.78 is 11.0. The Morgan fingerprint density at radius 3 is 2.54 bits per heavy atom. The quantitative estimate of drug-likeness (QED) is 0.173. The maximum atomic E-state index is 12.7. The summed E-state index contributed by atoms with van der Waals surface area (Å²) in [7, 11) is 0. The summed E-state index contributed by atoms with van der Waals surface area (Å²) in [6.07, 6.45) is -0.0120. The number of imide groups is 1. The van der Waals surface area contributed by atoms with E-state index in [9.17, 15) is 24.0 Å². The number of fused-ring (bicyclic) bond motifs is 2. The normalized spacial score (nSPS) is 13.6. The number of hydrogen-bond acceptors (Lipinski definition) is 10. The zero-order chi connectivity index (χ0) is 24.9. The third-order valence-electron chi connectivity index (χ3n) is 5.07. The van der Waals surface area contributed by atoms with Crippen LogP contribution in [-0.4, -0.2) is 33.8 Å². The Balaban J connectivity index is 1.48. The van der Waals surface area contributed by atoms with Crippen LogP contribution in [0.4, 0.5) is 0 Å². The van der Waals surface area contributed by atoms with Crippen molar-refractivity contribution in [2.75, 3.05) is 0 Å². The molecule has 35 heavy (non-hydrogen) atoms. The van der Waals surface area contributed by atoms with Gasteiger partial charge in [-0.1, -0.05) is 11.6 Å². The number of amides is 2. The van der Waals surface area contributed by atoms with Gasteiger partial charge in [-0.15, -0.1) is 16.4 Å². The number of halogens is 1. The molecule has 0 unspecified atom stereocenters. The minimum Gasteiger partial charge on any atom is -0.425 e. The number of benzene rings is 2. The number of nitrogens with zero attached hydrogens (tertiary/aromatic N) is 2. The Hall–Kier alpha value is -4.09. The van der Waals surface area contributed by atoms with E-state index in [0.29, 0.717) is 25.7 Å². The number of thiazole rings is 1. The average Bonchev–Trinajstić information content (AvgIpc) is 3.37. The van der Waals surface area contributed by atoms with E-state index in [0.717, 1.165) is 11.3 Å². The average molecular weight is 513 g/mol. The van der Waals surface area contributed by atoms with Crippen LogP contribution in [0.25, 0.3) is 31.8 Å². The van der Waals surface area contributed by atoms with Crippen LogP contribution < -0.4 is 10.4 Å². The van der Waals surface area contributed by atoms with Crippen molar-refractivity contribution in [3.63, 3.8) is 0 Å². The summed E-state index contributed by atoms with van der Waals surface area (Å²) in [4.78, 5) is 69.1. The molecule has 12 heteroatoms. The highest BCUT2D eigenvalue weighted by atomic mass is 35.5. The molecule has 1 saturated heterocycles. The van der Waals surface area contributed by atoms with E-state index in [1.165, 1.54) is 31.2 Å². The van der Waals surface area contributed by atoms with Crippen molar-refractivity contribution in [3.05, 3.63) is 57.4 Å². The first-order chi connectivity index (χ1) is 16.7. The van der Waals surface area contributed by atoms with Gasteiger partial charge < -0.3 is 14.0 Å². The summed E-state index contributed by atoms with van der Waals surface area (Å²) in [5, 5.41) is 1.47. The molecule has 0 saturated carbocycles. The lowest BCUT2D eigenvalue weighted by Gasteiger charge is -2.12. The first-order valence-corrected chi connectivity index (χ1v) is 11.3. The number of hydroxylamine groups is 2. The second-order valence-corrected chi connectivity index (χ2v) is 8.96. The van der Waals surface area contributed by atoms with Crippen LogP contribution in [0.15, 0.2) is 45.6 Å². The smallest absolute Gasteiger partial charge is 0.363 e.